The van der Waals surface area contributed by atoms with Crippen molar-refractivity contribution in [3.8, 4) is 5.75 Å². The summed E-state index contributed by atoms with van der Waals surface area (Å²) < 4.78 is 5.68. The van der Waals surface area contributed by atoms with Gasteiger partial charge < -0.3 is 10.1 Å². The number of nitrogens with one attached hydrogen (secondary N) is 1. The molecule has 2 rings (SSSR count). The molecule has 0 aliphatic carbocycles. The van der Waals surface area contributed by atoms with Crippen LogP contribution in [0.3, 0.4) is 0 Å². The average Bonchev–Trinajstić information content (AvgIpc) is 2.50. The lowest BCUT2D eigenvalue weighted by atomic mass is 10.2. The van der Waals surface area contributed by atoms with Crippen LogP contribution >= 0.6 is 11.6 Å². The molecule has 2 amide bonds. The highest BCUT2D eigenvalue weighted by molar-refractivity contribution is 6.30. The van der Waals surface area contributed by atoms with Gasteiger partial charge in [-0.05, 0) is 62.7 Å². The van der Waals surface area contributed by atoms with E-state index in [-0.39, 0.29) is 6.03 Å². The zero-order valence-electron chi connectivity index (χ0n) is 13.5. The fourth-order valence-corrected chi connectivity index (χ4v) is 2.36. The largest absolute Gasteiger partial charge is 0.471 e. The standard InChI is InChI=1S/C18H21ClN2O2/c1-4-21(16-7-5-6-13(2)12-16)18(22)20-14(3)23-17-10-8-15(19)9-11-17/h5-12,14H,4H2,1-3H3,(H,20,22). The van der Waals surface area contributed by atoms with Crippen LogP contribution in [0.5, 0.6) is 5.75 Å². The van der Waals surface area contributed by atoms with Crippen LogP contribution in [0.25, 0.3) is 0 Å². The quantitative estimate of drug-likeness (QED) is 0.812. The molecule has 0 bridgehead atoms. The Bertz CT molecular complexity index is 658. The molecule has 0 radical (unpaired) electrons. The van der Waals surface area contributed by atoms with Crippen LogP contribution in [0.4, 0.5) is 10.5 Å². The Morgan fingerprint density at radius 3 is 2.57 bits per heavy atom. The van der Waals surface area contributed by atoms with Crippen molar-refractivity contribution in [2.75, 3.05) is 11.4 Å². The second kappa shape index (κ2) is 7.88. The van der Waals surface area contributed by atoms with Crippen molar-refractivity contribution >= 4 is 23.3 Å². The molecule has 5 heteroatoms. The first-order chi connectivity index (χ1) is 11.0. The highest BCUT2D eigenvalue weighted by Gasteiger charge is 2.16. The number of carbonyl (C=O) groups excluding carboxylic acids is 1. The van der Waals surface area contributed by atoms with E-state index in [1.165, 1.54) is 0 Å². The van der Waals surface area contributed by atoms with Crippen LogP contribution in [-0.2, 0) is 0 Å². The van der Waals surface area contributed by atoms with Gasteiger partial charge in [-0.1, -0.05) is 23.7 Å². The highest BCUT2D eigenvalue weighted by Crippen LogP contribution is 2.18. The molecule has 2 aromatic carbocycles. The second-order valence-electron chi connectivity index (χ2n) is 5.25. The van der Waals surface area contributed by atoms with Crippen LogP contribution in [0.1, 0.15) is 19.4 Å². The predicted octanol–water partition coefficient (Wildman–Crippen LogP) is 4.61. The van der Waals surface area contributed by atoms with Gasteiger partial charge in [0.25, 0.3) is 0 Å². The molecular weight excluding hydrogens is 312 g/mol. The van der Waals surface area contributed by atoms with Crippen molar-refractivity contribution in [2.45, 2.75) is 27.0 Å². The number of hydrogen-bond donors (Lipinski definition) is 1. The third kappa shape index (κ3) is 4.89. The van der Waals surface area contributed by atoms with E-state index in [9.17, 15) is 4.79 Å². The lowest BCUT2D eigenvalue weighted by Crippen LogP contribution is -2.46. The molecule has 0 aliphatic rings. The van der Waals surface area contributed by atoms with E-state index in [0.717, 1.165) is 11.3 Å². The van der Waals surface area contributed by atoms with Gasteiger partial charge >= 0.3 is 6.03 Å². The van der Waals surface area contributed by atoms with Crippen LogP contribution in [0.2, 0.25) is 5.02 Å². The summed E-state index contributed by atoms with van der Waals surface area (Å²) in [7, 11) is 0. The van der Waals surface area contributed by atoms with Crippen LogP contribution < -0.4 is 15.0 Å². The number of anilines is 1. The number of benzene rings is 2. The number of amides is 2. The van der Waals surface area contributed by atoms with Crippen molar-refractivity contribution < 1.29 is 9.53 Å². The molecule has 0 saturated heterocycles. The maximum atomic E-state index is 12.5. The van der Waals surface area contributed by atoms with Gasteiger partial charge in [-0.3, -0.25) is 4.90 Å². The van der Waals surface area contributed by atoms with Crippen molar-refractivity contribution in [2.24, 2.45) is 0 Å². The number of carbonyl (C=O) groups is 1. The second-order valence-corrected chi connectivity index (χ2v) is 5.68. The van der Waals surface area contributed by atoms with Gasteiger partial charge in [0.1, 0.15) is 5.75 Å². The number of nitrogens with zero attached hydrogens (tertiary/aromatic N) is 1. The summed E-state index contributed by atoms with van der Waals surface area (Å²) >= 11 is 5.84. The van der Waals surface area contributed by atoms with Crippen molar-refractivity contribution in [1.82, 2.24) is 5.32 Å². The maximum absolute atomic E-state index is 12.5. The number of rotatable bonds is 5. The summed E-state index contributed by atoms with van der Waals surface area (Å²) in [6, 6.07) is 14.7. The van der Waals surface area contributed by atoms with Crippen molar-refractivity contribution in [3.05, 3.63) is 59.1 Å². The third-order valence-corrected chi connectivity index (χ3v) is 3.58. The minimum atomic E-state index is -0.456. The number of halogens is 1. The van der Waals surface area contributed by atoms with E-state index in [0.29, 0.717) is 17.3 Å². The first-order valence-corrected chi connectivity index (χ1v) is 7.94. The number of aryl methyl sites for hydroxylation is 1. The van der Waals surface area contributed by atoms with E-state index in [2.05, 4.69) is 5.32 Å². The zero-order valence-corrected chi connectivity index (χ0v) is 14.3. The first kappa shape index (κ1) is 17.2. The number of urea groups is 1. The molecule has 1 N–H and O–H groups in total. The topological polar surface area (TPSA) is 41.6 Å². The molecule has 2 aromatic rings. The Hall–Kier alpha value is -2.20. The Morgan fingerprint density at radius 2 is 1.96 bits per heavy atom. The highest BCUT2D eigenvalue weighted by atomic mass is 35.5. The lowest BCUT2D eigenvalue weighted by Gasteiger charge is -2.24. The number of hydrogen-bond acceptors (Lipinski definition) is 2. The smallest absolute Gasteiger partial charge is 0.324 e. The van der Waals surface area contributed by atoms with E-state index in [1.807, 2.05) is 38.1 Å². The molecule has 0 saturated carbocycles. The molecule has 0 aliphatic heterocycles. The number of ether oxygens (including phenoxy) is 1. The minimum absolute atomic E-state index is 0.195. The van der Waals surface area contributed by atoms with Crippen LogP contribution in [-0.4, -0.2) is 18.8 Å². The maximum Gasteiger partial charge on any atom is 0.324 e. The summed E-state index contributed by atoms with van der Waals surface area (Å²) in [5, 5.41) is 3.49. The molecule has 23 heavy (non-hydrogen) atoms. The normalized spacial score (nSPS) is 11.7. The molecule has 0 fully saturated rings. The molecule has 4 nitrogen and oxygen atoms in total. The van der Waals surface area contributed by atoms with Crippen LogP contribution in [0.15, 0.2) is 48.5 Å². The molecule has 0 spiro atoms. The van der Waals surface area contributed by atoms with Gasteiger partial charge in [-0.25, -0.2) is 4.79 Å². The van der Waals surface area contributed by atoms with E-state index in [4.69, 9.17) is 16.3 Å². The van der Waals surface area contributed by atoms with Crippen LogP contribution in [0, 0.1) is 6.92 Å². The third-order valence-electron chi connectivity index (χ3n) is 3.33. The zero-order chi connectivity index (χ0) is 16.8. The van der Waals surface area contributed by atoms with E-state index in [1.54, 1.807) is 36.1 Å². The monoisotopic (exact) mass is 332 g/mol. The summed E-state index contributed by atoms with van der Waals surface area (Å²) in [4.78, 5) is 14.1. The van der Waals surface area contributed by atoms with Crippen molar-refractivity contribution in [3.63, 3.8) is 0 Å². The molecular formula is C18H21ClN2O2. The fourth-order valence-electron chi connectivity index (χ4n) is 2.24. The summed E-state index contributed by atoms with van der Waals surface area (Å²) in [6.07, 6.45) is -0.456. The summed E-state index contributed by atoms with van der Waals surface area (Å²) in [5.41, 5.74) is 1.97. The Labute approximate surface area is 142 Å². The average molecular weight is 333 g/mol. The lowest BCUT2D eigenvalue weighted by molar-refractivity contribution is 0.180. The van der Waals surface area contributed by atoms with Gasteiger partial charge in [-0.15, -0.1) is 0 Å². The SMILES string of the molecule is CCN(C(=O)NC(C)Oc1ccc(Cl)cc1)c1cccc(C)c1. The molecule has 0 aromatic heterocycles. The van der Waals surface area contributed by atoms with Gasteiger partial charge in [0.15, 0.2) is 6.23 Å². The molecule has 122 valence electrons. The van der Waals surface area contributed by atoms with Gasteiger partial charge in [0.2, 0.25) is 0 Å². The Kier molecular flexibility index (Phi) is 5.88. The van der Waals surface area contributed by atoms with E-state index >= 15 is 0 Å². The van der Waals surface area contributed by atoms with Gasteiger partial charge in [-0.2, -0.15) is 0 Å². The summed E-state index contributed by atoms with van der Waals surface area (Å²) in [5.74, 6) is 0.654. The summed E-state index contributed by atoms with van der Waals surface area (Å²) in [6.45, 7) is 6.30. The first-order valence-electron chi connectivity index (χ1n) is 7.56. The molecule has 1 unspecified atom stereocenters. The Balaban J connectivity index is 1.99. The van der Waals surface area contributed by atoms with E-state index < -0.39 is 6.23 Å². The predicted molar refractivity (Wildman–Crippen MR) is 94.3 cm³/mol. The molecule has 1 atom stereocenters. The van der Waals surface area contributed by atoms with Gasteiger partial charge in [0, 0.05) is 17.3 Å². The minimum Gasteiger partial charge on any atom is -0.471 e. The molecule has 0 heterocycles. The fraction of sp³-hybridized carbons (Fsp3) is 0.278. The Morgan fingerprint density at radius 1 is 1.26 bits per heavy atom. The van der Waals surface area contributed by atoms with Crippen molar-refractivity contribution in [1.29, 1.82) is 0 Å². The van der Waals surface area contributed by atoms with Gasteiger partial charge in [0.05, 0.1) is 0 Å².